The van der Waals surface area contributed by atoms with Crippen molar-refractivity contribution in [3.63, 3.8) is 0 Å². The van der Waals surface area contributed by atoms with E-state index in [1.807, 2.05) is 36.9 Å². The molecule has 0 saturated carbocycles. The first-order valence-corrected chi connectivity index (χ1v) is 7.85. The second-order valence-electron chi connectivity index (χ2n) is 5.17. The fourth-order valence-corrected chi connectivity index (χ4v) is 2.95. The van der Waals surface area contributed by atoms with Gasteiger partial charge in [-0.3, -0.25) is 4.68 Å². The van der Waals surface area contributed by atoms with Crippen LogP contribution in [0.25, 0.3) is 0 Å². The van der Waals surface area contributed by atoms with E-state index < -0.39 is 6.10 Å². The highest BCUT2D eigenvalue weighted by Crippen LogP contribution is 2.26. The van der Waals surface area contributed by atoms with Gasteiger partial charge in [0.25, 0.3) is 0 Å². The molecule has 0 aliphatic carbocycles. The molecular weight excluding hydrogens is 332 g/mol. The van der Waals surface area contributed by atoms with Crippen LogP contribution < -0.4 is 4.74 Å². The van der Waals surface area contributed by atoms with Gasteiger partial charge in [0.05, 0.1) is 22.0 Å². The maximum Gasteiger partial charge on any atom is 0.131 e. The second kappa shape index (κ2) is 6.62. The Kier molecular flexibility index (Phi) is 5.06. The average Bonchev–Trinajstić information content (AvgIpc) is 2.72. The molecule has 5 heteroatoms. The third-order valence-corrected chi connectivity index (χ3v) is 4.46. The smallest absolute Gasteiger partial charge is 0.131 e. The molecule has 1 heterocycles. The molecule has 0 saturated heterocycles. The van der Waals surface area contributed by atoms with E-state index in [-0.39, 0.29) is 0 Å². The lowest BCUT2D eigenvalue weighted by Crippen LogP contribution is -2.04. The summed E-state index contributed by atoms with van der Waals surface area (Å²) in [6.07, 6.45) is 0.423. The van der Waals surface area contributed by atoms with Gasteiger partial charge in [-0.2, -0.15) is 5.10 Å². The SMILES string of the molecule is CCc1nn(C)c(COc2ccc([C@H](C)O)cc2C)c1Br. The molecule has 0 radical (unpaired) electrons. The third-order valence-electron chi connectivity index (χ3n) is 3.55. The molecule has 0 bridgehead atoms. The van der Waals surface area contributed by atoms with Crippen molar-refractivity contribution in [3.8, 4) is 5.75 Å². The van der Waals surface area contributed by atoms with Gasteiger partial charge in [-0.15, -0.1) is 0 Å². The molecule has 0 aliphatic rings. The zero-order valence-corrected chi connectivity index (χ0v) is 14.4. The summed E-state index contributed by atoms with van der Waals surface area (Å²) in [5.41, 5.74) is 3.97. The zero-order valence-electron chi connectivity index (χ0n) is 12.9. The molecule has 1 atom stereocenters. The van der Waals surface area contributed by atoms with E-state index in [0.29, 0.717) is 6.61 Å². The van der Waals surface area contributed by atoms with E-state index in [1.54, 1.807) is 6.92 Å². The van der Waals surface area contributed by atoms with Crippen molar-refractivity contribution in [2.24, 2.45) is 7.05 Å². The van der Waals surface area contributed by atoms with Crippen LogP contribution in [0.5, 0.6) is 5.75 Å². The molecule has 4 nitrogen and oxygen atoms in total. The molecule has 0 amide bonds. The number of rotatable bonds is 5. The lowest BCUT2D eigenvalue weighted by molar-refractivity contribution is 0.199. The van der Waals surface area contributed by atoms with Crippen molar-refractivity contribution < 1.29 is 9.84 Å². The minimum atomic E-state index is -0.462. The number of aliphatic hydroxyl groups is 1. The van der Waals surface area contributed by atoms with Crippen LogP contribution in [-0.2, 0) is 20.1 Å². The van der Waals surface area contributed by atoms with Gasteiger partial charge in [-0.1, -0.05) is 13.0 Å². The number of benzene rings is 1. The van der Waals surface area contributed by atoms with E-state index >= 15 is 0 Å². The Morgan fingerprint density at radius 3 is 2.67 bits per heavy atom. The van der Waals surface area contributed by atoms with Crippen molar-refractivity contribution in [2.45, 2.75) is 39.9 Å². The Morgan fingerprint density at radius 2 is 2.14 bits per heavy atom. The molecule has 0 unspecified atom stereocenters. The third kappa shape index (κ3) is 3.47. The lowest BCUT2D eigenvalue weighted by atomic mass is 10.1. The quantitative estimate of drug-likeness (QED) is 0.892. The highest BCUT2D eigenvalue weighted by molar-refractivity contribution is 9.10. The number of nitrogens with zero attached hydrogens (tertiary/aromatic N) is 2. The van der Waals surface area contributed by atoms with E-state index in [2.05, 4.69) is 28.0 Å². The molecule has 21 heavy (non-hydrogen) atoms. The molecule has 0 spiro atoms. The summed E-state index contributed by atoms with van der Waals surface area (Å²) in [5.74, 6) is 0.825. The van der Waals surface area contributed by atoms with Gasteiger partial charge in [0, 0.05) is 7.05 Å². The van der Waals surface area contributed by atoms with E-state index in [1.165, 1.54) is 0 Å². The van der Waals surface area contributed by atoms with E-state index in [0.717, 1.165) is 39.2 Å². The van der Waals surface area contributed by atoms with Crippen LogP contribution in [0.2, 0.25) is 0 Å². The predicted octanol–water partition coefficient (Wildman–Crippen LogP) is 3.69. The topological polar surface area (TPSA) is 47.3 Å². The predicted molar refractivity (Wildman–Crippen MR) is 86.4 cm³/mol. The zero-order chi connectivity index (χ0) is 15.6. The normalized spacial score (nSPS) is 12.5. The van der Waals surface area contributed by atoms with Gasteiger partial charge >= 0.3 is 0 Å². The molecule has 1 aromatic carbocycles. The van der Waals surface area contributed by atoms with E-state index in [4.69, 9.17) is 4.74 Å². The van der Waals surface area contributed by atoms with Crippen LogP contribution in [0, 0.1) is 6.92 Å². The second-order valence-corrected chi connectivity index (χ2v) is 5.97. The van der Waals surface area contributed by atoms with Gasteiger partial charge in [-0.25, -0.2) is 0 Å². The maximum absolute atomic E-state index is 9.59. The van der Waals surface area contributed by atoms with Gasteiger partial charge < -0.3 is 9.84 Å². The van der Waals surface area contributed by atoms with Crippen LogP contribution >= 0.6 is 15.9 Å². The number of hydrogen-bond acceptors (Lipinski definition) is 3. The number of aliphatic hydroxyl groups excluding tert-OH is 1. The Bertz CT molecular complexity index is 635. The lowest BCUT2D eigenvalue weighted by Gasteiger charge is -2.12. The molecular formula is C16H21BrN2O2. The first-order valence-electron chi connectivity index (χ1n) is 7.05. The number of aryl methyl sites for hydroxylation is 3. The van der Waals surface area contributed by atoms with Gasteiger partial charge in [0.1, 0.15) is 12.4 Å². The number of aromatic nitrogens is 2. The molecule has 2 rings (SSSR count). The van der Waals surface area contributed by atoms with Gasteiger partial charge in [0.15, 0.2) is 0 Å². The fraction of sp³-hybridized carbons (Fsp3) is 0.438. The van der Waals surface area contributed by atoms with Crippen LogP contribution in [-0.4, -0.2) is 14.9 Å². The first-order chi connectivity index (χ1) is 9.93. The van der Waals surface area contributed by atoms with Crippen molar-refractivity contribution in [1.29, 1.82) is 0 Å². The van der Waals surface area contributed by atoms with Crippen LogP contribution in [0.1, 0.15) is 42.5 Å². The summed E-state index contributed by atoms with van der Waals surface area (Å²) < 4.78 is 8.77. The molecule has 1 aromatic heterocycles. The van der Waals surface area contributed by atoms with Gasteiger partial charge in [-0.05, 0) is 59.5 Å². The first kappa shape index (κ1) is 16.0. The van der Waals surface area contributed by atoms with Crippen LogP contribution in [0.15, 0.2) is 22.7 Å². The summed E-state index contributed by atoms with van der Waals surface area (Å²) >= 11 is 3.59. The standard InChI is InChI=1S/C16H21BrN2O2/c1-5-13-16(17)14(19(4)18-13)9-21-15-7-6-12(11(3)20)8-10(15)2/h6-8,11,20H,5,9H2,1-4H3/t11-/m0/s1. The van der Waals surface area contributed by atoms with Crippen molar-refractivity contribution in [3.05, 3.63) is 45.2 Å². The Hall–Kier alpha value is -1.33. The van der Waals surface area contributed by atoms with Crippen molar-refractivity contribution >= 4 is 15.9 Å². The molecule has 2 aromatic rings. The molecule has 0 aliphatic heterocycles. The number of hydrogen-bond donors (Lipinski definition) is 1. The highest BCUT2D eigenvalue weighted by atomic mass is 79.9. The van der Waals surface area contributed by atoms with Crippen LogP contribution in [0.4, 0.5) is 0 Å². The Morgan fingerprint density at radius 1 is 1.43 bits per heavy atom. The summed E-state index contributed by atoms with van der Waals surface area (Å²) in [6.45, 7) is 6.28. The monoisotopic (exact) mass is 352 g/mol. The van der Waals surface area contributed by atoms with E-state index in [9.17, 15) is 5.11 Å². The molecule has 114 valence electrons. The Balaban J connectivity index is 2.15. The van der Waals surface area contributed by atoms with Crippen molar-refractivity contribution in [2.75, 3.05) is 0 Å². The summed E-state index contributed by atoms with van der Waals surface area (Å²) in [6, 6.07) is 5.75. The average molecular weight is 353 g/mol. The minimum Gasteiger partial charge on any atom is -0.487 e. The highest BCUT2D eigenvalue weighted by Gasteiger charge is 2.13. The molecule has 0 fully saturated rings. The molecule has 1 N–H and O–H groups in total. The summed E-state index contributed by atoms with van der Waals surface area (Å²) in [5, 5.41) is 14.0. The maximum atomic E-state index is 9.59. The summed E-state index contributed by atoms with van der Waals surface area (Å²) in [7, 11) is 1.92. The van der Waals surface area contributed by atoms with Gasteiger partial charge in [0.2, 0.25) is 0 Å². The largest absolute Gasteiger partial charge is 0.487 e. The van der Waals surface area contributed by atoms with Crippen molar-refractivity contribution in [1.82, 2.24) is 9.78 Å². The number of ether oxygens (including phenoxy) is 1. The number of halogens is 1. The Labute approximate surface area is 133 Å². The minimum absolute atomic E-state index is 0.457. The van der Waals surface area contributed by atoms with Crippen LogP contribution in [0.3, 0.4) is 0 Å². The summed E-state index contributed by atoms with van der Waals surface area (Å²) in [4.78, 5) is 0. The fourth-order valence-electron chi connectivity index (χ4n) is 2.22.